The first-order valence-electron chi connectivity index (χ1n) is 10.8. The summed E-state index contributed by atoms with van der Waals surface area (Å²) in [6.45, 7) is 1.17. The van der Waals surface area contributed by atoms with Gasteiger partial charge in [-0.15, -0.1) is 4.40 Å². The average Bonchev–Trinajstić information content (AvgIpc) is 3.12. The molecule has 2 aliphatic heterocycles. The van der Waals surface area contributed by atoms with Crippen LogP contribution in [0.5, 0.6) is 0 Å². The molecule has 6 nitrogen and oxygen atoms in total. The molecular formula is C25H23N3O3S2. The number of para-hydroxylation sites is 1. The Hall–Kier alpha value is -3.10. The molecule has 2 aliphatic rings. The lowest BCUT2D eigenvalue weighted by molar-refractivity contribution is -0.121. The van der Waals surface area contributed by atoms with Crippen molar-refractivity contribution in [1.82, 2.24) is 4.90 Å². The fraction of sp³-hybridized carbons (Fsp3) is 0.200. The van der Waals surface area contributed by atoms with E-state index in [0.29, 0.717) is 37.3 Å². The van der Waals surface area contributed by atoms with Crippen LogP contribution in [0.25, 0.3) is 0 Å². The van der Waals surface area contributed by atoms with Gasteiger partial charge in [0.25, 0.3) is 10.0 Å². The molecule has 33 heavy (non-hydrogen) atoms. The van der Waals surface area contributed by atoms with Crippen LogP contribution in [0.4, 0.5) is 5.69 Å². The van der Waals surface area contributed by atoms with Gasteiger partial charge < -0.3 is 10.2 Å². The average molecular weight is 478 g/mol. The van der Waals surface area contributed by atoms with Crippen LogP contribution in [0.1, 0.15) is 18.4 Å². The van der Waals surface area contributed by atoms with Crippen molar-refractivity contribution >= 4 is 39.2 Å². The number of amides is 1. The molecule has 0 aliphatic carbocycles. The largest absolute Gasteiger partial charge is 0.355 e. The van der Waals surface area contributed by atoms with E-state index in [1.807, 2.05) is 65.6 Å². The van der Waals surface area contributed by atoms with Gasteiger partial charge in [0.15, 0.2) is 5.84 Å². The van der Waals surface area contributed by atoms with E-state index < -0.39 is 10.0 Å². The topological polar surface area (TPSA) is 78.8 Å². The number of nitrogens with zero attached hydrogens (tertiary/aromatic N) is 2. The Morgan fingerprint density at radius 1 is 0.909 bits per heavy atom. The zero-order valence-corrected chi connectivity index (χ0v) is 19.5. The summed E-state index contributed by atoms with van der Waals surface area (Å²) >= 11 is 1.62. The van der Waals surface area contributed by atoms with E-state index in [1.165, 1.54) is 0 Å². The van der Waals surface area contributed by atoms with Crippen molar-refractivity contribution < 1.29 is 13.2 Å². The van der Waals surface area contributed by atoms with Crippen molar-refractivity contribution in [2.75, 3.05) is 18.4 Å². The number of anilines is 1. The van der Waals surface area contributed by atoms with E-state index >= 15 is 0 Å². The fourth-order valence-corrected chi connectivity index (χ4v) is 6.33. The lowest BCUT2D eigenvalue weighted by atomic mass is 9.95. The normalized spacial score (nSPS) is 17.3. The third-order valence-corrected chi connectivity index (χ3v) is 8.30. The van der Waals surface area contributed by atoms with Gasteiger partial charge in [-0.1, -0.05) is 54.2 Å². The van der Waals surface area contributed by atoms with E-state index in [9.17, 15) is 13.2 Å². The van der Waals surface area contributed by atoms with Gasteiger partial charge in [0.2, 0.25) is 5.91 Å². The minimum absolute atomic E-state index is 0.00264. The predicted octanol–water partition coefficient (Wildman–Crippen LogP) is 4.64. The SMILES string of the molecule is O=C(Nc1ccccc1Sc1ccccc1)C1CCN(C2=NS(=O)(=O)c3ccccc32)CC1. The smallest absolute Gasteiger partial charge is 0.285 e. The Kier molecular flexibility index (Phi) is 5.95. The Bertz CT molecular complexity index is 1320. The molecule has 0 saturated carbocycles. The third-order valence-electron chi connectivity index (χ3n) is 5.89. The van der Waals surface area contributed by atoms with Gasteiger partial charge in [-0.3, -0.25) is 4.79 Å². The minimum atomic E-state index is -3.64. The Labute approximate surface area is 197 Å². The summed E-state index contributed by atoms with van der Waals surface area (Å²) in [5.41, 5.74) is 1.45. The van der Waals surface area contributed by atoms with Crippen LogP contribution < -0.4 is 5.32 Å². The standard InChI is InChI=1S/C25H23N3O3S2/c29-25(26-21-11-5-6-12-22(21)32-19-8-2-1-3-9-19)18-14-16-28(17-15-18)24-20-10-4-7-13-23(20)33(30,31)27-24/h1-13,18H,14-17H2,(H,26,29). The Morgan fingerprint density at radius 3 is 2.36 bits per heavy atom. The first-order chi connectivity index (χ1) is 16.0. The summed E-state index contributed by atoms with van der Waals surface area (Å²) in [5.74, 6) is 0.357. The van der Waals surface area contributed by atoms with Crippen molar-refractivity contribution in [2.45, 2.75) is 27.5 Å². The van der Waals surface area contributed by atoms with Crippen LogP contribution in [0.2, 0.25) is 0 Å². The molecule has 3 aromatic rings. The highest BCUT2D eigenvalue weighted by Crippen LogP contribution is 2.34. The molecule has 0 aromatic heterocycles. The molecule has 5 rings (SSSR count). The molecule has 0 atom stereocenters. The Balaban J connectivity index is 1.25. The first kappa shape index (κ1) is 21.7. The highest BCUT2D eigenvalue weighted by Gasteiger charge is 2.34. The highest BCUT2D eigenvalue weighted by atomic mass is 32.2. The number of carbonyl (C=O) groups is 1. The second-order valence-electron chi connectivity index (χ2n) is 8.05. The number of amidine groups is 1. The molecule has 3 aromatic carbocycles. The molecule has 0 spiro atoms. The number of sulfonamides is 1. The van der Waals surface area contributed by atoms with Crippen LogP contribution in [-0.4, -0.2) is 38.2 Å². The maximum Gasteiger partial charge on any atom is 0.285 e. The third kappa shape index (κ3) is 4.54. The summed E-state index contributed by atoms with van der Waals surface area (Å²) in [5, 5.41) is 3.11. The van der Waals surface area contributed by atoms with Crippen LogP contribution in [0.3, 0.4) is 0 Å². The van der Waals surface area contributed by atoms with Crippen molar-refractivity contribution in [1.29, 1.82) is 0 Å². The van der Waals surface area contributed by atoms with Crippen molar-refractivity contribution in [3.63, 3.8) is 0 Å². The monoisotopic (exact) mass is 477 g/mol. The fourth-order valence-electron chi connectivity index (χ4n) is 4.18. The van der Waals surface area contributed by atoms with Crippen LogP contribution in [0.15, 0.2) is 97.9 Å². The van der Waals surface area contributed by atoms with E-state index in [4.69, 9.17) is 0 Å². The number of likely N-dealkylation sites (tertiary alicyclic amines) is 1. The quantitative estimate of drug-likeness (QED) is 0.592. The van der Waals surface area contributed by atoms with E-state index in [-0.39, 0.29) is 16.7 Å². The maximum atomic E-state index is 13.0. The van der Waals surface area contributed by atoms with E-state index in [2.05, 4.69) is 9.71 Å². The number of rotatable bonds is 4. The molecular weight excluding hydrogens is 454 g/mol. The summed E-state index contributed by atoms with van der Waals surface area (Å²) in [6, 6.07) is 24.8. The van der Waals surface area contributed by atoms with Gasteiger partial charge in [-0.05, 0) is 49.2 Å². The number of benzene rings is 3. The van der Waals surface area contributed by atoms with Gasteiger partial charge in [0, 0.05) is 34.4 Å². The number of hydrogen-bond acceptors (Lipinski definition) is 5. The number of fused-ring (bicyclic) bond motifs is 1. The maximum absolute atomic E-state index is 13.0. The second kappa shape index (κ2) is 9.03. The molecule has 1 amide bonds. The summed E-state index contributed by atoms with van der Waals surface area (Å²) in [4.78, 5) is 17.4. The van der Waals surface area contributed by atoms with Crippen molar-refractivity contribution in [3.05, 3.63) is 84.4 Å². The number of nitrogens with one attached hydrogen (secondary N) is 1. The summed E-state index contributed by atoms with van der Waals surface area (Å²) in [6.07, 6.45) is 1.28. The van der Waals surface area contributed by atoms with Crippen molar-refractivity contribution in [2.24, 2.45) is 10.3 Å². The molecule has 0 unspecified atom stereocenters. The molecule has 2 heterocycles. The van der Waals surface area contributed by atoms with Gasteiger partial charge in [-0.25, -0.2) is 0 Å². The van der Waals surface area contributed by atoms with Gasteiger partial charge >= 0.3 is 0 Å². The Morgan fingerprint density at radius 2 is 1.58 bits per heavy atom. The van der Waals surface area contributed by atoms with E-state index in [0.717, 1.165) is 15.5 Å². The number of piperidine rings is 1. The second-order valence-corrected chi connectivity index (χ2v) is 10.7. The zero-order valence-electron chi connectivity index (χ0n) is 17.8. The lowest BCUT2D eigenvalue weighted by Crippen LogP contribution is -2.41. The number of hydrogen-bond donors (Lipinski definition) is 1. The first-order valence-corrected chi connectivity index (χ1v) is 13.1. The van der Waals surface area contributed by atoms with Gasteiger partial charge in [-0.2, -0.15) is 8.42 Å². The molecule has 1 N–H and O–H groups in total. The van der Waals surface area contributed by atoms with Crippen LogP contribution in [0, 0.1) is 5.92 Å². The number of carbonyl (C=O) groups excluding carboxylic acids is 1. The minimum Gasteiger partial charge on any atom is -0.355 e. The van der Waals surface area contributed by atoms with Crippen LogP contribution in [-0.2, 0) is 14.8 Å². The summed E-state index contributed by atoms with van der Waals surface area (Å²) < 4.78 is 28.7. The predicted molar refractivity (Wildman–Crippen MR) is 130 cm³/mol. The zero-order chi connectivity index (χ0) is 22.8. The lowest BCUT2D eigenvalue weighted by Gasteiger charge is -2.32. The molecule has 0 bridgehead atoms. The van der Waals surface area contributed by atoms with Crippen molar-refractivity contribution in [3.8, 4) is 0 Å². The van der Waals surface area contributed by atoms with E-state index in [1.54, 1.807) is 30.0 Å². The van der Waals surface area contributed by atoms with Gasteiger partial charge in [0.05, 0.1) is 5.69 Å². The highest BCUT2D eigenvalue weighted by molar-refractivity contribution is 7.99. The van der Waals surface area contributed by atoms with Crippen LogP contribution >= 0.6 is 11.8 Å². The summed E-state index contributed by atoms with van der Waals surface area (Å²) in [7, 11) is -3.64. The molecule has 0 radical (unpaired) electrons. The molecule has 1 fully saturated rings. The van der Waals surface area contributed by atoms with Gasteiger partial charge in [0.1, 0.15) is 4.90 Å². The molecule has 1 saturated heterocycles. The molecule has 168 valence electrons. The molecule has 8 heteroatoms.